The van der Waals surface area contributed by atoms with E-state index in [2.05, 4.69) is 45.7 Å². The van der Waals surface area contributed by atoms with Gasteiger partial charge >= 0.3 is 0 Å². The molecule has 34 heavy (non-hydrogen) atoms. The lowest BCUT2D eigenvalue weighted by Crippen LogP contribution is -2.00. The fourth-order valence-electron chi connectivity index (χ4n) is 4.30. The van der Waals surface area contributed by atoms with Gasteiger partial charge in [0.1, 0.15) is 11.5 Å². The van der Waals surface area contributed by atoms with Crippen LogP contribution in [0.25, 0.3) is 39.0 Å². The first kappa shape index (κ1) is 21.6. The molecule has 0 saturated carbocycles. The van der Waals surface area contributed by atoms with Gasteiger partial charge in [0.15, 0.2) is 0 Å². The second kappa shape index (κ2) is 8.98. The maximum atomic E-state index is 5.55. The molecule has 0 fully saturated rings. The minimum atomic E-state index is 0.596. The number of aromatic nitrogens is 4. The van der Waals surface area contributed by atoms with Gasteiger partial charge in [-0.2, -0.15) is 0 Å². The molecule has 0 unspecified atom stereocenters. The van der Waals surface area contributed by atoms with Crippen LogP contribution in [0.15, 0.2) is 78.2 Å². The van der Waals surface area contributed by atoms with Crippen LogP contribution in [0.3, 0.4) is 0 Å². The summed E-state index contributed by atoms with van der Waals surface area (Å²) in [5.74, 6) is 1.46. The van der Waals surface area contributed by atoms with Crippen LogP contribution in [0.5, 0.6) is 0 Å². The summed E-state index contributed by atoms with van der Waals surface area (Å²) >= 11 is 0. The minimum Gasteiger partial charge on any atom is -0.494 e. The van der Waals surface area contributed by atoms with Gasteiger partial charge < -0.3 is 13.8 Å². The monoisotopic (exact) mass is 450 g/mol. The number of rotatable bonds is 7. The lowest BCUT2D eigenvalue weighted by molar-refractivity contribution is 0.299. The summed E-state index contributed by atoms with van der Waals surface area (Å²) in [4.78, 5) is 9.41. The van der Waals surface area contributed by atoms with Crippen molar-refractivity contribution >= 4 is 16.8 Å². The van der Waals surface area contributed by atoms with Crippen LogP contribution in [0.1, 0.15) is 29.6 Å². The van der Waals surface area contributed by atoms with Gasteiger partial charge in [-0.1, -0.05) is 42.1 Å². The summed E-state index contributed by atoms with van der Waals surface area (Å²) < 4.78 is 13.2. The van der Waals surface area contributed by atoms with Gasteiger partial charge in [-0.15, -0.1) is 0 Å². The van der Waals surface area contributed by atoms with E-state index in [9.17, 15) is 0 Å². The molecule has 6 nitrogen and oxygen atoms in total. The molecule has 0 aliphatic rings. The van der Waals surface area contributed by atoms with Crippen LogP contribution in [-0.2, 0) is 11.3 Å². The molecule has 0 radical (unpaired) electrons. The third kappa shape index (κ3) is 3.99. The van der Waals surface area contributed by atoms with Gasteiger partial charge in [0.25, 0.3) is 0 Å². The normalized spacial score (nSPS) is 11.1. The number of nitrogens with zero attached hydrogens (tertiary/aromatic N) is 4. The first-order valence-corrected chi connectivity index (χ1v) is 11.3. The van der Waals surface area contributed by atoms with Crippen LogP contribution in [-0.4, -0.2) is 26.3 Å². The highest BCUT2D eigenvalue weighted by Crippen LogP contribution is 2.34. The zero-order valence-corrected chi connectivity index (χ0v) is 19.6. The van der Waals surface area contributed by atoms with Crippen LogP contribution in [0.4, 0.5) is 0 Å². The molecule has 6 heteroatoms. The molecule has 0 aliphatic carbocycles. The van der Waals surface area contributed by atoms with Crippen LogP contribution >= 0.6 is 0 Å². The predicted octanol–water partition coefficient (Wildman–Crippen LogP) is 6.43. The zero-order chi connectivity index (χ0) is 23.7. The van der Waals surface area contributed by atoms with E-state index in [-0.39, 0.29) is 0 Å². The minimum absolute atomic E-state index is 0.596. The van der Waals surface area contributed by atoms with Crippen molar-refractivity contribution in [3.8, 4) is 22.3 Å². The van der Waals surface area contributed by atoms with Crippen LogP contribution in [0, 0.1) is 13.8 Å². The molecule has 0 bridgehead atoms. The summed E-state index contributed by atoms with van der Waals surface area (Å²) in [7, 11) is 0. The van der Waals surface area contributed by atoms with Crippen molar-refractivity contribution in [3.05, 3.63) is 96.4 Å². The Labute approximate surface area is 198 Å². The smallest absolute Gasteiger partial charge is 0.141 e. The van der Waals surface area contributed by atoms with Gasteiger partial charge in [0.05, 0.1) is 35.6 Å². The van der Waals surface area contributed by atoms with E-state index < -0.39 is 0 Å². The third-order valence-electron chi connectivity index (χ3n) is 5.93. The molecule has 4 heterocycles. The van der Waals surface area contributed by atoms with E-state index >= 15 is 0 Å². The van der Waals surface area contributed by atoms with Gasteiger partial charge in [-0.25, -0.2) is 0 Å². The average Bonchev–Trinajstić information content (AvgIpc) is 3.38. The molecular formula is C28H26N4O2. The quantitative estimate of drug-likeness (QED) is 0.268. The number of aryl methyl sites for hydroxylation is 2. The summed E-state index contributed by atoms with van der Waals surface area (Å²) in [6, 6.07) is 16.4. The average molecular weight is 451 g/mol. The number of benzene rings is 1. The second-order valence-electron chi connectivity index (χ2n) is 8.22. The number of fused-ring (bicyclic) bond motifs is 1. The number of pyridine rings is 2. The van der Waals surface area contributed by atoms with E-state index in [1.54, 1.807) is 0 Å². The van der Waals surface area contributed by atoms with E-state index in [0.29, 0.717) is 18.9 Å². The largest absolute Gasteiger partial charge is 0.494 e. The lowest BCUT2D eigenvalue weighted by atomic mass is 10.0. The summed E-state index contributed by atoms with van der Waals surface area (Å²) in [5, 5.41) is 4.11. The van der Waals surface area contributed by atoms with Gasteiger partial charge in [-0.05, 0) is 44.5 Å². The summed E-state index contributed by atoms with van der Waals surface area (Å²) in [6.45, 7) is 11.1. The van der Waals surface area contributed by atoms with Crippen molar-refractivity contribution in [2.75, 3.05) is 6.61 Å². The fourth-order valence-corrected chi connectivity index (χ4v) is 4.30. The Hall–Kier alpha value is -4.19. The highest BCUT2D eigenvalue weighted by Gasteiger charge is 2.17. The molecule has 5 rings (SSSR count). The van der Waals surface area contributed by atoms with Crippen LogP contribution in [0.2, 0.25) is 0 Å². The first-order chi connectivity index (χ1) is 16.5. The maximum absolute atomic E-state index is 5.55. The number of hydrogen-bond acceptors (Lipinski definition) is 5. The third-order valence-corrected chi connectivity index (χ3v) is 5.93. The van der Waals surface area contributed by atoms with E-state index in [4.69, 9.17) is 14.2 Å². The Morgan fingerprint density at radius 1 is 1.06 bits per heavy atom. The Bertz CT molecular complexity index is 1440. The number of ether oxygens (including phenoxy) is 1. The Balaban J connectivity index is 1.63. The highest BCUT2D eigenvalue weighted by molar-refractivity contribution is 5.95. The Kier molecular flexibility index (Phi) is 5.72. The molecule has 0 amide bonds. The van der Waals surface area contributed by atoms with Crippen LogP contribution < -0.4 is 0 Å². The SMILES string of the molecule is C=C(OCC)c1ccc(-c2cn(Cc3ccccn3)c3cc(-c4c(C)noc4C)cnc23)cc1. The molecule has 0 N–H and O–H groups in total. The van der Waals surface area contributed by atoms with E-state index in [1.807, 2.05) is 63.5 Å². The van der Waals surface area contributed by atoms with E-state index in [0.717, 1.165) is 56.0 Å². The number of hydrogen-bond donors (Lipinski definition) is 0. The molecule has 0 atom stereocenters. The summed E-state index contributed by atoms with van der Waals surface area (Å²) in [6.07, 6.45) is 5.87. The van der Waals surface area contributed by atoms with E-state index in [1.165, 1.54) is 0 Å². The highest BCUT2D eigenvalue weighted by atomic mass is 16.5. The fraction of sp³-hybridized carbons (Fsp3) is 0.179. The summed E-state index contributed by atoms with van der Waals surface area (Å²) in [5.41, 5.74) is 8.88. The molecular weight excluding hydrogens is 424 g/mol. The maximum Gasteiger partial charge on any atom is 0.141 e. The van der Waals surface area contributed by atoms with Crippen molar-refractivity contribution in [1.82, 2.24) is 19.7 Å². The van der Waals surface area contributed by atoms with Crippen molar-refractivity contribution in [2.24, 2.45) is 0 Å². The first-order valence-electron chi connectivity index (χ1n) is 11.3. The zero-order valence-electron chi connectivity index (χ0n) is 19.6. The van der Waals surface area contributed by atoms with Crippen molar-refractivity contribution in [2.45, 2.75) is 27.3 Å². The van der Waals surface area contributed by atoms with Crippen molar-refractivity contribution in [3.63, 3.8) is 0 Å². The Morgan fingerprint density at radius 3 is 2.56 bits per heavy atom. The standard InChI is InChI=1S/C28H26N4O2/c1-5-33-19(3)21-9-11-22(12-10-21)25-17-32(16-24-8-6-7-13-29-24)26-14-23(15-30-28(25)26)27-18(2)31-34-20(27)4/h6-15,17H,3,5,16H2,1-2,4H3. The predicted molar refractivity (Wildman–Crippen MR) is 134 cm³/mol. The molecule has 5 aromatic rings. The van der Waals surface area contributed by atoms with Gasteiger partial charge in [-0.3, -0.25) is 9.97 Å². The Morgan fingerprint density at radius 2 is 1.88 bits per heavy atom. The topological polar surface area (TPSA) is 66.0 Å². The molecule has 0 saturated heterocycles. The molecule has 0 spiro atoms. The van der Waals surface area contributed by atoms with Gasteiger partial charge in [0, 0.05) is 40.8 Å². The molecule has 0 aliphatic heterocycles. The van der Waals surface area contributed by atoms with Gasteiger partial charge in [0.2, 0.25) is 0 Å². The van der Waals surface area contributed by atoms with Crippen molar-refractivity contribution < 1.29 is 9.26 Å². The molecule has 170 valence electrons. The lowest BCUT2D eigenvalue weighted by Gasteiger charge is -2.07. The molecule has 4 aromatic heterocycles. The van der Waals surface area contributed by atoms with Crippen molar-refractivity contribution in [1.29, 1.82) is 0 Å². The second-order valence-corrected chi connectivity index (χ2v) is 8.22. The molecule has 1 aromatic carbocycles.